The lowest BCUT2D eigenvalue weighted by atomic mass is 9.95. The minimum atomic E-state index is -0.542. The fraction of sp³-hybridized carbons (Fsp3) is 0.273. The molecule has 4 aromatic rings. The van der Waals surface area contributed by atoms with Crippen molar-refractivity contribution >= 4 is 5.82 Å². The lowest BCUT2D eigenvalue weighted by molar-refractivity contribution is 0.218. The molecule has 0 saturated carbocycles. The SMILES string of the molecule is CCc1noc2c1-c1cnc(N)c(n1)OC(C)c1cc(F)ccc1-c1nn(C)cc1C2. The van der Waals surface area contributed by atoms with Crippen molar-refractivity contribution in [2.24, 2.45) is 7.05 Å². The Morgan fingerprint density at radius 2 is 2.16 bits per heavy atom. The van der Waals surface area contributed by atoms with E-state index >= 15 is 0 Å². The third kappa shape index (κ3) is 3.22. The van der Waals surface area contributed by atoms with Gasteiger partial charge in [0.15, 0.2) is 11.6 Å². The molecular weight excluding hydrogens is 399 g/mol. The van der Waals surface area contributed by atoms with E-state index in [4.69, 9.17) is 15.0 Å². The average Bonchev–Trinajstić information content (AvgIpc) is 3.32. The maximum absolute atomic E-state index is 14.2. The summed E-state index contributed by atoms with van der Waals surface area (Å²) in [5.41, 5.74) is 11.2. The Morgan fingerprint density at radius 1 is 1.32 bits per heavy atom. The molecule has 1 unspecified atom stereocenters. The molecule has 1 aliphatic heterocycles. The van der Waals surface area contributed by atoms with E-state index in [1.807, 2.05) is 27.1 Å². The molecule has 0 amide bonds. The van der Waals surface area contributed by atoms with Crippen LogP contribution in [0, 0.1) is 5.82 Å². The molecule has 4 heterocycles. The maximum atomic E-state index is 14.2. The molecule has 1 aliphatic rings. The first-order valence-corrected chi connectivity index (χ1v) is 10.0. The fourth-order valence-corrected chi connectivity index (χ4v) is 3.99. The molecule has 2 bridgehead atoms. The molecule has 5 rings (SSSR count). The summed E-state index contributed by atoms with van der Waals surface area (Å²) in [5.74, 6) is 0.613. The molecular formula is C22H21FN6O2. The number of hydrogen-bond acceptors (Lipinski definition) is 7. The van der Waals surface area contributed by atoms with E-state index in [1.54, 1.807) is 16.9 Å². The Bertz CT molecular complexity index is 1300. The number of nitrogen functional groups attached to an aromatic ring is 1. The number of hydrogen-bond donors (Lipinski definition) is 1. The van der Waals surface area contributed by atoms with Gasteiger partial charge in [-0.05, 0) is 31.5 Å². The van der Waals surface area contributed by atoms with Crippen molar-refractivity contribution in [2.75, 3.05) is 5.73 Å². The van der Waals surface area contributed by atoms with Gasteiger partial charge in [-0.2, -0.15) is 5.10 Å². The Kier molecular flexibility index (Phi) is 4.46. The highest BCUT2D eigenvalue weighted by atomic mass is 19.1. The minimum absolute atomic E-state index is 0.153. The van der Waals surface area contributed by atoms with Crippen molar-refractivity contribution in [3.8, 4) is 28.4 Å². The Morgan fingerprint density at radius 3 is 2.97 bits per heavy atom. The maximum Gasteiger partial charge on any atom is 0.258 e. The molecule has 31 heavy (non-hydrogen) atoms. The zero-order valence-corrected chi connectivity index (χ0v) is 17.4. The second-order valence-electron chi connectivity index (χ2n) is 7.57. The van der Waals surface area contributed by atoms with E-state index in [9.17, 15) is 4.39 Å². The second-order valence-corrected chi connectivity index (χ2v) is 7.57. The van der Waals surface area contributed by atoms with Crippen LogP contribution in [-0.4, -0.2) is 24.9 Å². The molecule has 2 N–H and O–H groups in total. The van der Waals surface area contributed by atoms with Gasteiger partial charge in [-0.15, -0.1) is 0 Å². The molecule has 0 fully saturated rings. The molecule has 8 nitrogen and oxygen atoms in total. The van der Waals surface area contributed by atoms with Crippen molar-refractivity contribution in [1.29, 1.82) is 0 Å². The van der Waals surface area contributed by atoms with Gasteiger partial charge in [0.25, 0.3) is 5.88 Å². The lowest BCUT2D eigenvalue weighted by Crippen LogP contribution is -2.11. The summed E-state index contributed by atoms with van der Waals surface area (Å²) in [7, 11) is 1.85. The van der Waals surface area contributed by atoms with E-state index in [0.717, 1.165) is 28.1 Å². The van der Waals surface area contributed by atoms with Crippen molar-refractivity contribution in [2.45, 2.75) is 32.8 Å². The summed E-state index contributed by atoms with van der Waals surface area (Å²) >= 11 is 0. The summed E-state index contributed by atoms with van der Waals surface area (Å²) in [6.07, 6.45) is 4.08. The van der Waals surface area contributed by atoms with Gasteiger partial charge in [-0.3, -0.25) is 4.68 Å². The van der Waals surface area contributed by atoms with Crippen LogP contribution in [0.15, 0.2) is 35.1 Å². The van der Waals surface area contributed by atoms with Gasteiger partial charge in [-0.25, -0.2) is 14.4 Å². The van der Waals surface area contributed by atoms with Crippen LogP contribution in [0.4, 0.5) is 10.2 Å². The van der Waals surface area contributed by atoms with Crippen LogP contribution in [0.1, 0.15) is 42.5 Å². The zero-order valence-electron chi connectivity index (χ0n) is 17.4. The van der Waals surface area contributed by atoms with Crippen molar-refractivity contribution in [3.05, 3.63) is 59.0 Å². The molecule has 0 radical (unpaired) electrons. The van der Waals surface area contributed by atoms with Gasteiger partial charge in [0.05, 0.1) is 28.8 Å². The first kappa shape index (κ1) is 19.2. The quantitative estimate of drug-likeness (QED) is 0.498. The number of nitrogens with zero attached hydrogens (tertiary/aromatic N) is 5. The molecule has 0 spiro atoms. The predicted octanol–water partition coefficient (Wildman–Crippen LogP) is 3.86. The van der Waals surface area contributed by atoms with Gasteiger partial charge in [0, 0.05) is 36.4 Å². The number of rotatable bonds is 1. The smallest absolute Gasteiger partial charge is 0.258 e. The molecule has 3 aromatic heterocycles. The van der Waals surface area contributed by atoms with E-state index < -0.39 is 6.10 Å². The molecule has 0 aliphatic carbocycles. The number of ether oxygens (including phenoxy) is 1. The standard InChI is InChI=1S/C22H21FN6O2/c1-4-16-19-17-9-25-21(24)22(26-17)30-11(2)15-8-13(23)5-6-14(15)20-12(10-29(3)27-20)7-18(19)31-28-16/h5-6,8-11H,4,7H2,1-3H3,(H2,24,25). The number of aryl methyl sites for hydroxylation is 2. The van der Waals surface area contributed by atoms with E-state index in [2.05, 4.69) is 20.2 Å². The Balaban J connectivity index is 1.81. The van der Waals surface area contributed by atoms with Crippen LogP contribution < -0.4 is 10.5 Å². The molecule has 0 saturated heterocycles. The Labute approximate surface area is 177 Å². The molecule has 158 valence electrons. The van der Waals surface area contributed by atoms with Crippen LogP contribution in [0.5, 0.6) is 5.88 Å². The van der Waals surface area contributed by atoms with Crippen LogP contribution in [-0.2, 0) is 19.9 Å². The van der Waals surface area contributed by atoms with E-state index in [1.165, 1.54) is 12.1 Å². The van der Waals surface area contributed by atoms with Gasteiger partial charge in [-0.1, -0.05) is 12.1 Å². The van der Waals surface area contributed by atoms with Gasteiger partial charge in [0.2, 0.25) is 0 Å². The van der Waals surface area contributed by atoms with E-state index in [-0.39, 0.29) is 17.5 Å². The lowest BCUT2D eigenvalue weighted by Gasteiger charge is -2.19. The second kappa shape index (κ2) is 7.19. The van der Waals surface area contributed by atoms with E-state index in [0.29, 0.717) is 29.9 Å². The summed E-state index contributed by atoms with van der Waals surface area (Å²) < 4.78 is 27.7. The van der Waals surface area contributed by atoms with Crippen molar-refractivity contribution < 1.29 is 13.7 Å². The molecule has 1 atom stereocenters. The monoisotopic (exact) mass is 420 g/mol. The number of anilines is 1. The third-order valence-electron chi connectivity index (χ3n) is 5.44. The van der Waals surface area contributed by atoms with Crippen LogP contribution in [0.3, 0.4) is 0 Å². The normalized spacial score (nSPS) is 15.2. The third-order valence-corrected chi connectivity index (χ3v) is 5.44. The number of nitrogens with two attached hydrogens (primary N) is 1. The largest absolute Gasteiger partial charge is 0.467 e. The highest BCUT2D eigenvalue weighted by Crippen LogP contribution is 2.37. The van der Waals surface area contributed by atoms with Gasteiger partial charge < -0.3 is 15.0 Å². The highest BCUT2D eigenvalue weighted by molar-refractivity contribution is 5.70. The fourth-order valence-electron chi connectivity index (χ4n) is 3.99. The van der Waals surface area contributed by atoms with Crippen molar-refractivity contribution in [1.82, 2.24) is 24.9 Å². The topological polar surface area (TPSA) is 105 Å². The zero-order chi connectivity index (χ0) is 21.7. The summed E-state index contributed by atoms with van der Waals surface area (Å²) in [4.78, 5) is 8.88. The Hall–Kier alpha value is -3.75. The molecule has 1 aromatic carbocycles. The first-order chi connectivity index (χ1) is 14.9. The van der Waals surface area contributed by atoms with Crippen LogP contribution in [0.2, 0.25) is 0 Å². The molecule has 9 heteroatoms. The van der Waals surface area contributed by atoms with Crippen LogP contribution in [0.25, 0.3) is 22.5 Å². The van der Waals surface area contributed by atoms with Gasteiger partial charge in [0.1, 0.15) is 11.9 Å². The predicted molar refractivity (Wildman–Crippen MR) is 112 cm³/mol. The number of aromatic nitrogens is 5. The average molecular weight is 420 g/mol. The number of halogens is 1. The van der Waals surface area contributed by atoms with Crippen molar-refractivity contribution in [3.63, 3.8) is 0 Å². The summed E-state index contributed by atoms with van der Waals surface area (Å²) in [5, 5.41) is 8.90. The first-order valence-electron chi connectivity index (χ1n) is 10.0. The summed E-state index contributed by atoms with van der Waals surface area (Å²) in [6, 6.07) is 4.58. The number of fused-ring (bicyclic) bond motifs is 7. The highest BCUT2D eigenvalue weighted by Gasteiger charge is 2.26. The van der Waals surface area contributed by atoms with Crippen LogP contribution >= 0.6 is 0 Å². The number of benzene rings is 1. The van der Waals surface area contributed by atoms with Gasteiger partial charge >= 0.3 is 0 Å². The summed E-state index contributed by atoms with van der Waals surface area (Å²) in [6.45, 7) is 3.82. The minimum Gasteiger partial charge on any atom is -0.467 e.